The fraction of sp³-hybridized carbons (Fsp3) is 0.222. The van der Waals surface area contributed by atoms with Crippen molar-refractivity contribution in [3.63, 3.8) is 0 Å². The van der Waals surface area contributed by atoms with Crippen molar-refractivity contribution in [1.29, 1.82) is 0 Å². The molecular weight excluding hydrogens is 292 g/mol. The second-order valence-electron chi connectivity index (χ2n) is 5.66. The first-order valence-corrected chi connectivity index (χ1v) is 7.51. The molecular formula is C18H18N2O3. The lowest BCUT2D eigenvalue weighted by molar-refractivity contribution is -0.118. The van der Waals surface area contributed by atoms with Crippen molar-refractivity contribution in [2.45, 2.75) is 6.92 Å². The number of benzene rings is 2. The van der Waals surface area contributed by atoms with Gasteiger partial charge in [-0.1, -0.05) is 29.8 Å². The van der Waals surface area contributed by atoms with E-state index in [2.05, 4.69) is 5.32 Å². The van der Waals surface area contributed by atoms with Crippen LogP contribution >= 0.6 is 0 Å². The largest absolute Gasteiger partial charge is 0.478 e. The van der Waals surface area contributed by atoms with E-state index >= 15 is 0 Å². The molecule has 0 atom stereocenters. The third-order valence-corrected chi connectivity index (χ3v) is 3.95. The van der Waals surface area contributed by atoms with Gasteiger partial charge in [0.2, 0.25) is 5.91 Å². The number of rotatable bonds is 3. The maximum Gasteiger partial charge on any atom is 0.335 e. The number of anilines is 1. The Morgan fingerprint density at radius 1 is 1.13 bits per heavy atom. The van der Waals surface area contributed by atoms with Gasteiger partial charge in [-0.25, -0.2) is 4.79 Å². The number of carboxylic acids is 1. The van der Waals surface area contributed by atoms with Gasteiger partial charge in [-0.05, 0) is 36.2 Å². The van der Waals surface area contributed by atoms with Crippen molar-refractivity contribution in [3.8, 4) is 11.1 Å². The number of carbonyl (C=O) groups excluding carboxylic acids is 1. The van der Waals surface area contributed by atoms with Crippen molar-refractivity contribution in [1.82, 2.24) is 5.32 Å². The lowest BCUT2D eigenvalue weighted by Gasteiger charge is -2.28. The minimum absolute atomic E-state index is 0.0476. The topological polar surface area (TPSA) is 69.6 Å². The quantitative estimate of drug-likeness (QED) is 0.912. The van der Waals surface area contributed by atoms with Crippen molar-refractivity contribution < 1.29 is 14.7 Å². The van der Waals surface area contributed by atoms with Crippen LogP contribution in [0.25, 0.3) is 11.1 Å². The molecule has 118 valence electrons. The predicted molar refractivity (Wildman–Crippen MR) is 88.8 cm³/mol. The average molecular weight is 310 g/mol. The number of aromatic carboxylic acids is 1. The molecule has 1 aliphatic rings. The van der Waals surface area contributed by atoms with E-state index in [-0.39, 0.29) is 18.0 Å². The molecule has 0 bridgehead atoms. The van der Waals surface area contributed by atoms with E-state index in [1.165, 1.54) is 0 Å². The van der Waals surface area contributed by atoms with E-state index in [4.69, 9.17) is 0 Å². The van der Waals surface area contributed by atoms with Gasteiger partial charge in [0.05, 0.1) is 12.1 Å². The number of aryl methyl sites for hydroxylation is 1. The number of carboxylic acid groups (broad SMARTS) is 1. The zero-order valence-electron chi connectivity index (χ0n) is 12.9. The summed E-state index contributed by atoms with van der Waals surface area (Å²) < 4.78 is 0. The van der Waals surface area contributed by atoms with Gasteiger partial charge >= 0.3 is 5.97 Å². The Hall–Kier alpha value is -2.66. The highest BCUT2D eigenvalue weighted by molar-refractivity contribution is 5.98. The molecule has 1 amide bonds. The number of carbonyl (C=O) groups is 2. The van der Waals surface area contributed by atoms with Crippen LogP contribution in [0.4, 0.5) is 5.69 Å². The highest BCUT2D eigenvalue weighted by Crippen LogP contribution is 2.28. The number of nitrogens with one attached hydrogen (secondary N) is 1. The molecule has 0 spiro atoms. The van der Waals surface area contributed by atoms with E-state index in [9.17, 15) is 14.7 Å². The summed E-state index contributed by atoms with van der Waals surface area (Å²) in [4.78, 5) is 25.2. The van der Waals surface area contributed by atoms with E-state index in [1.807, 2.05) is 37.3 Å². The number of amides is 1. The lowest BCUT2D eigenvalue weighted by atomic mass is 10.0. The van der Waals surface area contributed by atoms with E-state index < -0.39 is 5.97 Å². The van der Waals surface area contributed by atoms with Gasteiger partial charge in [0.1, 0.15) is 0 Å². The minimum atomic E-state index is -0.997. The smallest absolute Gasteiger partial charge is 0.335 e. The van der Waals surface area contributed by atoms with E-state index in [0.29, 0.717) is 18.8 Å². The van der Waals surface area contributed by atoms with Crippen LogP contribution in [-0.4, -0.2) is 36.6 Å². The summed E-state index contributed by atoms with van der Waals surface area (Å²) in [5, 5.41) is 12.4. The highest BCUT2D eigenvalue weighted by Gasteiger charge is 2.21. The summed E-state index contributed by atoms with van der Waals surface area (Å²) in [6, 6.07) is 13.0. The van der Waals surface area contributed by atoms with Gasteiger partial charge in [-0.3, -0.25) is 4.79 Å². The van der Waals surface area contributed by atoms with Crippen molar-refractivity contribution in [3.05, 3.63) is 53.6 Å². The molecule has 1 fully saturated rings. The van der Waals surface area contributed by atoms with Crippen LogP contribution in [0.3, 0.4) is 0 Å². The molecule has 2 aromatic carbocycles. The fourth-order valence-electron chi connectivity index (χ4n) is 2.68. The van der Waals surface area contributed by atoms with Crippen molar-refractivity contribution >= 4 is 17.6 Å². The SMILES string of the molecule is Cc1ccc(-c2cc(C(=O)O)cc(N3CCNCC3=O)c2)cc1. The summed E-state index contributed by atoms with van der Waals surface area (Å²) >= 11 is 0. The van der Waals surface area contributed by atoms with Crippen molar-refractivity contribution in [2.24, 2.45) is 0 Å². The molecule has 0 aliphatic carbocycles. The third kappa shape index (κ3) is 3.24. The first-order valence-electron chi connectivity index (χ1n) is 7.51. The van der Waals surface area contributed by atoms with Crippen LogP contribution in [-0.2, 0) is 4.79 Å². The standard InChI is InChI=1S/C18H18N2O3/c1-12-2-4-13(5-3-12)14-8-15(18(22)23)10-16(9-14)20-7-6-19-11-17(20)21/h2-5,8-10,19H,6-7,11H2,1H3,(H,22,23). The second kappa shape index (κ2) is 6.22. The summed E-state index contributed by atoms with van der Waals surface area (Å²) in [6.45, 7) is 3.51. The van der Waals surface area contributed by atoms with Crippen molar-refractivity contribution in [2.75, 3.05) is 24.5 Å². The molecule has 0 unspecified atom stereocenters. The first kappa shape index (κ1) is 15.2. The van der Waals surface area contributed by atoms with E-state index in [1.54, 1.807) is 17.0 Å². The molecule has 3 rings (SSSR count). The molecule has 1 heterocycles. The van der Waals surface area contributed by atoms with Crippen LogP contribution in [0.2, 0.25) is 0 Å². The van der Waals surface area contributed by atoms with Crippen LogP contribution in [0, 0.1) is 6.92 Å². The Bertz CT molecular complexity index is 753. The molecule has 0 aromatic heterocycles. The Morgan fingerprint density at radius 3 is 2.52 bits per heavy atom. The van der Waals surface area contributed by atoms with Crippen LogP contribution < -0.4 is 10.2 Å². The zero-order chi connectivity index (χ0) is 16.4. The van der Waals surface area contributed by atoms with Gasteiger partial charge in [-0.2, -0.15) is 0 Å². The van der Waals surface area contributed by atoms with Crippen LogP contribution in [0.5, 0.6) is 0 Å². The summed E-state index contributed by atoms with van der Waals surface area (Å²) in [6.07, 6.45) is 0. The van der Waals surface area contributed by atoms with Gasteiger partial charge in [0.25, 0.3) is 0 Å². The maximum absolute atomic E-state index is 12.1. The molecule has 5 heteroatoms. The Balaban J connectivity index is 2.07. The number of piperazine rings is 1. The number of hydrogen-bond acceptors (Lipinski definition) is 3. The Labute approximate surface area is 134 Å². The van der Waals surface area contributed by atoms with E-state index in [0.717, 1.165) is 16.7 Å². The Kier molecular flexibility index (Phi) is 4.12. The monoisotopic (exact) mass is 310 g/mol. The second-order valence-corrected chi connectivity index (χ2v) is 5.66. The average Bonchev–Trinajstić information content (AvgIpc) is 2.55. The highest BCUT2D eigenvalue weighted by atomic mass is 16.4. The summed E-state index contributed by atoms with van der Waals surface area (Å²) in [5.41, 5.74) is 3.69. The summed E-state index contributed by atoms with van der Waals surface area (Å²) in [7, 11) is 0. The normalized spacial score (nSPS) is 14.8. The van der Waals surface area contributed by atoms with Gasteiger partial charge in [-0.15, -0.1) is 0 Å². The van der Waals surface area contributed by atoms with Gasteiger partial charge < -0.3 is 15.3 Å². The number of hydrogen-bond donors (Lipinski definition) is 2. The maximum atomic E-state index is 12.1. The molecule has 23 heavy (non-hydrogen) atoms. The fourth-order valence-corrected chi connectivity index (χ4v) is 2.68. The minimum Gasteiger partial charge on any atom is -0.478 e. The zero-order valence-corrected chi connectivity index (χ0v) is 12.9. The predicted octanol–water partition coefficient (Wildman–Crippen LogP) is 2.30. The molecule has 0 saturated carbocycles. The van der Waals surface area contributed by atoms with Crippen LogP contribution in [0.15, 0.2) is 42.5 Å². The van der Waals surface area contributed by atoms with Gasteiger partial charge in [0.15, 0.2) is 0 Å². The molecule has 0 radical (unpaired) electrons. The third-order valence-electron chi connectivity index (χ3n) is 3.95. The molecule has 1 aliphatic heterocycles. The number of nitrogens with zero attached hydrogens (tertiary/aromatic N) is 1. The van der Waals surface area contributed by atoms with Crippen LogP contribution in [0.1, 0.15) is 15.9 Å². The molecule has 2 aromatic rings. The Morgan fingerprint density at radius 2 is 1.87 bits per heavy atom. The lowest BCUT2D eigenvalue weighted by Crippen LogP contribution is -2.48. The summed E-state index contributed by atoms with van der Waals surface area (Å²) in [5.74, 6) is -1.04. The first-order chi connectivity index (χ1) is 11.0. The molecule has 5 nitrogen and oxygen atoms in total. The van der Waals surface area contributed by atoms with Gasteiger partial charge in [0, 0.05) is 18.8 Å². The molecule has 1 saturated heterocycles. The molecule has 2 N–H and O–H groups in total.